The van der Waals surface area contributed by atoms with Gasteiger partial charge in [-0.25, -0.2) is 9.98 Å². The highest BCUT2D eigenvalue weighted by molar-refractivity contribution is 5.40. The van der Waals surface area contributed by atoms with Gasteiger partial charge in [0.15, 0.2) is 0 Å². The van der Waals surface area contributed by atoms with E-state index in [-0.39, 0.29) is 0 Å². The molecule has 1 aliphatic carbocycles. The van der Waals surface area contributed by atoms with Crippen LogP contribution in [0.25, 0.3) is 0 Å². The molecule has 0 amide bonds. The molecule has 0 aromatic heterocycles. The molecule has 0 heterocycles. The van der Waals surface area contributed by atoms with Crippen LogP contribution in [0.15, 0.2) is 9.98 Å². The van der Waals surface area contributed by atoms with Gasteiger partial charge >= 0.3 is 0 Å². The first-order valence-electron chi connectivity index (χ1n) is 5.49. The first-order chi connectivity index (χ1) is 6.41. The van der Waals surface area contributed by atoms with E-state index < -0.39 is 0 Å². The SMILES string of the molecule is C1CCCCC1.CCN=C=NCC. The molecule has 0 saturated heterocycles. The minimum absolute atomic E-state index is 0.781. The van der Waals surface area contributed by atoms with Crippen LogP contribution >= 0.6 is 0 Å². The van der Waals surface area contributed by atoms with Crippen molar-refractivity contribution in [2.45, 2.75) is 52.4 Å². The quantitative estimate of drug-likeness (QED) is 0.584. The first kappa shape index (κ1) is 12.4. The van der Waals surface area contributed by atoms with Gasteiger partial charge in [0.05, 0.1) is 6.01 Å². The fourth-order valence-corrected chi connectivity index (χ4v) is 1.25. The first-order valence-corrected chi connectivity index (χ1v) is 5.49. The highest BCUT2D eigenvalue weighted by Gasteiger charge is 1.95. The van der Waals surface area contributed by atoms with Crippen molar-refractivity contribution >= 4 is 6.01 Å². The van der Waals surface area contributed by atoms with Crippen molar-refractivity contribution in [1.82, 2.24) is 0 Å². The number of nitrogens with zero attached hydrogens (tertiary/aromatic N) is 2. The zero-order valence-corrected chi connectivity index (χ0v) is 9.05. The summed E-state index contributed by atoms with van der Waals surface area (Å²) in [6.07, 6.45) is 9.00. The number of rotatable bonds is 2. The second-order valence-electron chi connectivity index (χ2n) is 3.17. The average Bonchev–Trinajstić information content (AvgIpc) is 2.22. The molecule has 1 rings (SSSR count). The van der Waals surface area contributed by atoms with Crippen LogP contribution in [0.4, 0.5) is 0 Å². The van der Waals surface area contributed by atoms with Gasteiger partial charge in [0.1, 0.15) is 0 Å². The van der Waals surface area contributed by atoms with E-state index >= 15 is 0 Å². The van der Waals surface area contributed by atoms with E-state index in [1.165, 1.54) is 38.5 Å². The minimum atomic E-state index is 0.781. The Hall–Kier alpha value is -0.620. The lowest BCUT2D eigenvalue weighted by Gasteiger charge is -2.05. The molecule has 0 bridgehead atoms. The van der Waals surface area contributed by atoms with Crippen LogP contribution in [0.2, 0.25) is 0 Å². The molecule has 0 spiro atoms. The number of hydrogen-bond acceptors (Lipinski definition) is 2. The number of aliphatic imine (C=N–C) groups is 2. The highest BCUT2D eigenvalue weighted by atomic mass is 14.8. The molecule has 0 aromatic carbocycles. The summed E-state index contributed by atoms with van der Waals surface area (Å²) in [5.74, 6) is 0. The van der Waals surface area contributed by atoms with Gasteiger partial charge < -0.3 is 0 Å². The Morgan fingerprint density at radius 2 is 1.08 bits per heavy atom. The van der Waals surface area contributed by atoms with Crippen LogP contribution in [0.3, 0.4) is 0 Å². The molecule has 76 valence electrons. The third kappa shape index (κ3) is 11.4. The second-order valence-corrected chi connectivity index (χ2v) is 3.17. The fourth-order valence-electron chi connectivity index (χ4n) is 1.25. The Morgan fingerprint density at radius 3 is 1.31 bits per heavy atom. The van der Waals surface area contributed by atoms with Crippen LogP contribution in [0, 0.1) is 0 Å². The largest absolute Gasteiger partial charge is 0.226 e. The fraction of sp³-hybridized carbons (Fsp3) is 0.909. The maximum atomic E-state index is 3.74. The predicted octanol–water partition coefficient (Wildman–Crippen LogP) is 3.54. The van der Waals surface area contributed by atoms with Crippen LogP contribution in [0.1, 0.15) is 52.4 Å². The van der Waals surface area contributed by atoms with Gasteiger partial charge in [0, 0.05) is 13.1 Å². The van der Waals surface area contributed by atoms with Gasteiger partial charge in [0.25, 0.3) is 0 Å². The molecule has 0 N–H and O–H groups in total. The van der Waals surface area contributed by atoms with E-state index in [0.29, 0.717) is 0 Å². The van der Waals surface area contributed by atoms with E-state index in [9.17, 15) is 0 Å². The standard InChI is InChI=1S/C6H12.C5H10N2/c1-2-4-6-5-3-1;1-3-6-5-7-4-2/h1-6H2;3-4H2,1-2H3. The normalized spacial score (nSPS) is 14.9. The third-order valence-corrected chi connectivity index (χ3v) is 1.96. The van der Waals surface area contributed by atoms with Crippen LogP contribution < -0.4 is 0 Å². The van der Waals surface area contributed by atoms with Gasteiger partial charge in [-0.3, -0.25) is 0 Å². The summed E-state index contributed by atoms with van der Waals surface area (Å²) < 4.78 is 0. The predicted molar refractivity (Wildman–Crippen MR) is 58.6 cm³/mol. The van der Waals surface area contributed by atoms with Crippen molar-refractivity contribution in [2.75, 3.05) is 13.1 Å². The summed E-state index contributed by atoms with van der Waals surface area (Å²) in [5.41, 5.74) is 0. The molecule has 13 heavy (non-hydrogen) atoms. The topological polar surface area (TPSA) is 24.7 Å². The molecule has 1 fully saturated rings. The molecule has 0 aromatic rings. The van der Waals surface area contributed by atoms with Gasteiger partial charge in [-0.1, -0.05) is 38.5 Å². The zero-order chi connectivity index (χ0) is 9.78. The summed E-state index contributed by atoms with van der Waals surface area (Å²) in [6.45, 7) is 5.48. The maximum absolute atomic E-state index is 3.74. The average molecular weight is 182 g/mol. The summed E-state index contributed by atoms with van der Waals surface area (Å²) >= 11 is 0. The van der Waals surface area contributed by atoms with Crippen LogP contribution in [0.5, 0.6) is 0 Å². The van der Waals surface area contributed by atoms with Crippen molar-refractivity contribution in [2.24, 2.45) is 9.98 Å². The van der Waals surface area contributed by atoms with Gasteiger partial charge in [0.2, 0.25) is 0 Å². The van der Waals surface area contributed by atoms with Crippen molar-refractivity contribution in [3.8, 4) is 0 Å². The molecule has 0 atom stereocenters. The zero-order valence-electron chi connectivity index (χ0n) is 9.05. The molecular formula is C11H22N2. The molecular weight excluding hydrogens is 160 g/mol. The lowest BCUT2D eigenvalue weighted by atomic mass is 10.0. The van der Waals surface area contributed by atoms with E-state index in [1.807, 2.05) is 13.8 Å². The second kappa shape index (κ2) is 11.4. The molecule has 0 unspecified atom stereocenters. The lowest BCUT2D eigenvalue weighted by Crippen LogP contribution is -1.85. The summed E-state index contributed by atoms with van der Waals surface area (Å²) in [6, 6.07) is 2.53. The molecule has 1 saturated carbocycles. The molecule has 0 aliphatic heterocycles. The third-order valence-electron chi connectivity index (χ3n) is 1.96. The molecule has 2 heteroatoms. The Bertz CT molecular complexity index is 123. The van der Waals surface area contributed by atoms with Crippen molar-refractivity contribution < 1.29 is 0 Å². The van der Waals surface area contributed by atoms with E-state index in [0.717, 1.165) is 13.1 Å². The summed E-state index contributed by atoms with van der Waals surface area (Å²) in [4.78, 5) is 7.49. The molecule has 0 radical (unpaired) electrons. The van der Waals surface area contributed by atoms with Crippen LogP contribution in [-0.4, -0.2) is 19.1 Å². The lowest BCUT2D eigenvalue weighted by molar-refractivity contribution is 0.504. The van der Waals surface area contributed by atoms with Gasteiger partial charge in [-0.2, -0.15) is 0 Å². The van der Waals surface area contributed by atoms with Crippen molar-refractivity contribution in [1.29, 1.82) is 0 Å². The summed E-state index contributed by atoms with van der Waals surface area (Å²) in [7, 11) is 0. The highest BCUT2D eigenvalue weighted by Crippen LogP contribution is 2.15. The smallest absolute Gasteiger partial charge is 0.0892 e. The molecule has 2 nitrogen and oxygen atoms in total. The van der Waals surface area contributed by atoms with Gasteiger partial charge in [-0.15, -0.1) is 0 Å². The van der Waals surface area contributed by atoms with Gasteiger partial charge in [-0.05, 0) is 13.8 Å². The van der Waals surface area contributed by atoms with E-state index in [2.05, 4.69) is 16.0 Å². The molecule has 1 aliphatic rings. The summed E-state index contributed by atoms with van der Waals surface area (Å²) in [5, 5.41) is 0. The van der Waals surface area contributed by atoms with Crippen LogP contribution in [-0.2, 0) is 0 Å². The van der Waals surface area contributed by atoms with E-state index in [4.69, 9.17) is 0 Å². The Labute approximate surface area is 82.2 Å². The van der Waals surface area contributed by atoms with Crippen molar-refractivity contribution in [3.63, 3.8) is 0 Å². The monoisotopic (exact) mass is 182 g/mol. The number of hydrogen-bond donors (Lipinski definition) is 0. The maximum Gasteiger partial charge on any atom is 0.0892 e. The Balaban J connectivity index is 0.000000223. The Kier molecular flexibility index (Phi) is 10.8. The van der Waals surface area contributed by atoms with Crippen molar-refractivity contribution in [3.05, 3.63) is 0 Å². The van der Waals surface area contributed by atoms with E-state index in [1.54, 1.807) is 0 Å². The minimum Gasteiger partial charge on any atom is -0.226 e. The Morgan fingerprint density at radius 1 is 0.769 bits per heavy atom.